The van der Waals surface area contributed by atoms with Crippen molar-refractivity contribution in [1.29, 1.82) is 0 Å². The van der Waals surface area contributed by atoms with Crippen LogP contribution >= 0.6 is 15.9 Å². The Bertz CT molecular complexity index is 1160. The van der Waals surface area contributed by atoms with Crippen LogP contribution in [-0.2, 0) is 9.59 Å². The number of Topliss-reactive ketones (excluding diaryl/α,β-unsaturated/α-hetero) is 1. The number of nitrogens with zero attached hydrogens (tertiary/aromatic N) is 2. The number of methoxy groups -OCH3 is 1. The lowest BCUT2D eigenvalue weighted by Crippen LogP contribution is -2.33. The summed E-state index contributed by atoms with van der Waals surface area (Å²) in [7, 11) is 1.42. The van der Waals surface area contributed by atoms with E-state index in [9.17, 15) is 19.8 Å². The number of ether oxygens (including phenoxy) is 2. The Labute approximate surface area is 226 Å². The largest absolute Gasteiger partial charge is 0.507 e. The Balaban J connectivity index is 2.11. The van der Waals surface area contributed by atoms with Gasteiger partial charge in [0.1, 0.15) is 11.5 Å². The maximum Gasteiger partial charge on any atom is 0.295 e. The number of hydrogen-bond acceptors (Lipinski definition) is 7. The molecular formula is C28H35BrN2O6. The van der Waals surface area contributed by atoms with E-state index in [1.54, 1.807) is 36.4 Å². The summed E-state index contributed by atoms with van der Waals surface area (Å²) in [5.41, 5.74) is 0.896. The lowest BCUT2D eigenvalue weighted by atomic mass is 9.95. The lowest BCUT2D eigenvalue weighted by Gasteiger charge is -2.27. The monoisotopic (exact) mass is 574 g/mol. The molecule has 0 saturated carbocycles. The molecule has 8 nitrogen and oxygen atoms in total. The molecule has 0 spiro atoms. The van der Waals surface area contributed by atoms with Crippen molar-refractivity contribution in [3.63, 3.8) is 0 Å². The van der Waals surface area contributed by atoms with Gasteiger partial charge in [-0.1, -0.05) is 32.9 Å². The van der Waals surface area contributed by atoms with E-state index in [0.29, 0.717) is 40.9 Å². The van der Waals surface area contributed by atoms with Crippen LogP contribution in [0, 0.1) is 0 Å². The predicted molar refractivity (Wildman–Crippen MR) is 146 cm³/mol. The molecule has 9 heteroatoms. The fourth-order valence-electron chi connectivity index (χ4n) is 4.48. The summed E-state index contributed by atoms with van der Waals surface area (Å²) in [5.74, 6) is -1.05. The highest BCUT2D eigenvalue weighted by Crippen LogP contribution is 2.44. The SMILES string of the molecule is CCCOc1cccc(C(O)=C2C(=O)C(=O)N(CCCN(CC)CC)C2c2cc(Br)c(O)c(OC)c2)c1. The topological polar surface area (TPSA) is 99.5 Å². The molecule has 3 rings (SSSR count). The van der Waals surface area contributed by atoms with Gasteiger partial charge in [0.25, 0.3) is 11.7 Å². The van der Waals surface area contributed by atoms with Gasteiger partial charge in [0.15, 0.2) is 11.5 Å². The molecule has 37 heavy (non-hydrogen) atoms. The molecule has 1 aliphatic rings. The van der Waals surface area contributed by atoms with Gasteiger partial charge >= 0.3 is 0 Å². The van der Waals surface area contributed by atoms with Crippen molar-refractivity contribution in [2.24, 2.45) is 0 Å². The Morgan fingerprint density at radius 1 is 1.14 bits per heavy atom. The molecule has 1 amide bonds. The van der Waals surface area contributed by atoms with Crippen LogP contribution in [0.3, 0.4) is 0 Å². The molecule has 0 bridgehead atoms. The average molecular weight is 576 g/mol. The minimum absolute atomic E-state index is 0.0138. The van der Waals surface area contributed by atoms with Crippen molar-refractivity contribution < 1.29 is 29.3 Å². The number of rotatable bonds is 12. The molecule has 1 heterocycles. The molecule has 0 radical (unpaired) electrons. The molecule has 0 aromatic heterocycles. The van der Waals surface area contributed by atoms with Crippen LogP contribution in [0.1, 0.15) is 50.8 Å². The minimum Gasteiger partial charge on any atom is -0.507 e. The molecular weight excluding hydrogens is 540 g/mol. The summed E-state index contributed by atoms with van der Waals surface area (Å²) in [6.45, 7) is 9.53. The molecule has 1 unspecified atom stereocenters. The van der Waals surface area contributed by atoms with Crippen LogP contribution in [0.15, 0.2) is 46.4 Å². The fourth-order valence-corrected chi connectivity index (χ4v) is 4.94. The molecule has 2 aromatic rings. The fraction of sp³-hybridized carbons (Fsp3) is 0.429. The zero-order valence-corrected chi connectivity index (χ0v) is 23.4. The first kappa shape index (κ1) is 28.5. The van der Waals surface area contributed by atoms with E-state index in [1.807, 2.05) is 6.92 Å². The smallest absolute Gasteiger partial charge is 0.295 e. The number of benzene rings is 2. The third kappa shape index (κ3) is 6.27. The number of amides is 1. The molecule has 1 aliphatic heterocycles. The predicted octanol–water partition coefficient (Wildman–Crippen LogP) is 5.11. The highest BCUT2D eigenvalue weighted by molar-refractivity contribution is 9.10. The number of carbonyl (C=O) groups is 2. The number of aliphatic hydroxyl groups is 1. The highest BCUT2D eigenvalue weighted by atomic mass is 79.9. The van der Waals surface area contributed by atoms with Gasteiger partial charge in [0, 0.05) is 12.1 Å². The number of aliphatic hydroxyl groups excluding tert-OH is 1. The Hall–Kier alpha value is -3.04. The summed E-state index contributed by atoms with van der Waals surface area (Å²) in [4.78, 5) is 30.3. The van der Waals surface area contributed by atoms with Crippen molar-refractivity contribution in [2.45, 2.75) is 39.7 Å². The van der Waals surface area contributed by atoms with Gasteiger partial charge in [-0.05, 0) is 78.2 Å². The molecule has 2 N–H and O–H groups in total. The molecule has 1 fully saturated rings. The van der Waals surface area contributed by atoms with Crippen LogP contribution in [0.5, 0.6) is 17.2 Å². The van der Waals surface area contributed by atoms with E-state index in [4.69, 9.17) is 9.47 Å². The third-order valence-corrected chi connectivity index (χ3v) is 7.08. The van der Waals surface area contributed by atoms with Gasteiger partial charge in [0.05, 0.1) is 29.8 Å². The Morgan fingerprint density at radius 3 is 2.51 bits per heavy atom. The van der Waals surface area contributed by atoms with E-state index in [1.165, 1.54) is 12.0 Å². The number of halogens is 1. The van der Waals surface area contributed by atoms with E-state index in [2.05, 4.69) is 34.7 Å². The average Bonchev–Trinajstić information content (AvgIpc) is 3.16. The number of phenols is 1. The standard InChI is InChI=1S/C28H35BrN2O6/c1-5-14-37-20-11-8-10-18(15-20)25(32)23-24(19-16-21(29)26(33)22(17-19)36-4)31(28(35)27(23)34)13-9-12-30(6-2)7-3/h8,10-11,15-17,24,32-33H,5-7,9,12-14H2,1-4H3. The first-order valence-corrected chi connectivity index (χ1v) is 13.4. The van der Waals surface area contributed by atoms with Gasteiger partial charge < -0.3 is 29.5 Å². The number of phenolic OH excluding ortho intramolecular Hbond substituents is 1. The van der Waals surface area contributed by atoms with E-state index in [0.717, 1.165) is 26.1 Å². The summed E-state index contributed by atoms with van der Waals surface area (Å²) in [6, 6.07) is 9.20. The summed E-state index contributed by atoms with van der Waals surface area (Å²) >= 11 is 3.34. The number of likely N-dealkylation sites (tertiary alicyclic amines) is 1. The molecule has 1 atom stereocenters. The molecule has 2 aromatic carbocycles. The zero-order chi connectivity index (χ0) is 27.1. The number of aromatic hydroxyl groups is 1. The first-order chi connectivity index (χ1) is 17.8. The van der Waals surface area contributed by atoms with Gasteiger partial charge in [0.2, 0.25) is 0 Å². The number of carbonyl (C=O) groups excluding carboxylic acids is 2. The van der Waals surface area contributed by atoms with Crippen LogP contribution in [0.4, 0.5) is 0 Å². The normalized spacial score (nSPS) is 17.0. The van der Waals surface area contributed by atoms with Crippen molar-refractivity contribution in [3.05, 3.63) is 57.6 Å². The lowest BCUT2D eigenvalue weighted by molar-refractivity contribution is -0.140. The van der Waals surface area contributed by atoms with Crippen LogP contribution in [0.25, 0.3) is 5.76 Å². The highest BCUT2D eigenvalue weighted by Gasteiger charge is 2.46. The summed E-state index contributed by atoms with van der Waals surface area (Å²) in [6.07, 6.45) is 1.48. The van der Waals surface area contributed by atoms with Crippen molar-refractivity contribution in [1.82, 2.24) is 9.80 Å². The van der Waals surface area contributed by atoms with E-state index in [-0.39, 0.29) is 22.8 Å². The second kappa shape index (κ2) is 13.0. The maximum atomic E-state index is 13.3. The Morgan fingerprint density at radius 2 is 1.86 bits per heavy atom. The minimum atomic E-state index is -0.859. The van der Waals surface area contributed by atoms with Crippen molar-refractivity contribution in [2.75, 3.05) is 39.9 Å². The number of ketones is 1. The van der Waals surface area contributed by atoms with Crippen LogP contribution in [-0.4, -0.2) is 71.6 Å². The Kier molecular flexibility index (Phi) is 10.00. The second-order valence-corrected chi connectivity index (χ2v) is 9.66. The molecule has 0 aliphatic carbocycles. The van der Waals surface area contributed by atoms with Gasteiger partial charge in [-0.25, -0.2) is 0 Å². The van der Waals surface area contributed by atoms with Crippen LogP contribution in [0.2, 0.25) is 0 Å². The van der Waals surface area contributed by atoms with E-state index < -0.39 is 17.7 Å². The quantitative estimate of drug-likeness (QED) is 0.206. The first-order valence-electron chi connectivity index (χ1n) is 12.6. The van der Waals surface area contributed by atoms with Gasteiger partial charge in [-0.15, -0.1) is 0 Å². The molecule has 200 valence electrons. The van der Waals surface area contributed by atoms with Gasteiger partial charge in [-0.3, -0.25) is 9.59 Å². The number of hydrogen-bond donors (Lipinski definition) is 2. The van der Waals surface area contributed by atoms with Crippen molar-refractivity contribution >= 4 is 33.4 Å². The third-order valence-electron chi connectivity index (χ3n) is 6.47. The van der Waals surface area contributed by atoms with Gasteiger partial charge in [-0.2, -0.15) is 0 Å². The summed E-state index contributed by atoms with van der Waals surface area (Å²) in [5, 5.41) is 21.7. The summed E-state index contributed by atoms with van der Waals surface area (Å²) < 4.78 is 11.4. The van der Waals surface area contributed by atoms with Crippen molar-refractivity contribution in [3.8, 4) is 17.2 Å². The zero-order valence-electron chi connectivity index (χ0n) is 21.8. The van der Waals surface area contributed by atoms with E-state index >= 15 is 0 Å². The molecule has 1 saturated heterocycles. The second-order valence-electron chi connectivity index (χ2n) is 8.80. The van der Waals surface area contributed by atoms with Crippen LogP contribution < -0.4 is 9.47 Å². The maximum absolute atomic E-state index is 13.3.